The van der Waals surface area contributed by atoms with E-state index in [4.69, 9.17) is 0 Å². The molecule has 1 atom stereocenters. The van der Waals surface area contributed by atoms with Gasteiger partial charge < -0.3 is 0 Å². The molecule has 2 heteroatoms. The zero-order valence-electron chi connectivity index (χ0n) is 10.3. The molecule has 1 heterocycles. The second-order valence-corrected chi connectivity index (χ2v) is 4.60. The van der Waals surface area contributed by atoms with Gasteiger partial charge in [0.15, 0.2) is 0 Å². The third-order valence-electron chi connectivity index (χ3n) is 3.24. The van der Waals surface area contributed by atoms with E-state index in [9.17, 15) is 5.26 Å². The highest BCUT2D eigenvalue weighted by Crippen LogP contribution is 2.30. The number of aromatic nitrogens is 1. The average Bonchev–Trinajstić information content (AvgIpc) is 2.38. The Bertz CT molecular complexity index is 568. The van der Waals surface area contributed by atoms with Crippen LogP contribution in [-0.2, 0) is 5.41 Å². The Morgan fingerprint density at radius 3 is 2.88 bits per heavy atom. The molecule has 1 aromatic carbocycles. The lowest BCUT2D eigenvalue weighted by Crippen LogP contribution is -2.18. The molecule has 2 nitrogen and oxygen atoms in total. The SMILES string of the molecule is CCCC(C)(C#N)c1ccc2ncccc2c1. The van der Waals surface area contributed by atoms with Crippen molar-refractivity contribution in [2.45, 2.75) is 32.1 Å². The molecule has 0 aliphatic rings. The standard InChI is InChI=1S/C15H16N2/c1-3-8-15(2,11-16)13-6-7-14-12(10-13)5-4-9-17-14/h4-7,9-10H,3,8H2,1-2H3. The summed E-state index contributed by atoms with van der Waals surface area (Å²) in [6.45, 7) is 4.12. The van der Waals surface area contributed by atoms with Crippen molar-refractivity contribution in [3.05, 3.63) is 42.1 Å². The first-order valence-corrected chi connectivity index (χ1v) is 5.96. The summed E-state index contributed by atoms with van der Waals surface area (Å²) in [6, 6.07) is 12.5. The molecule has 0 amide bonds. The van der Waals surface area contributed by atoms with Crippen LogP contribution >= 0.6 is 0 Å². The lowest BCUT2D eigenvalue weighted by atomic mass is 9.80. The molecule has 0 radical (unpaired) electrons. The maximum Gasteiger partial charge on any atom is 0.0794 e. The van der Waals surface area contributed by atoms with Crippen molar-refractivity contribution >= 4 is 10.9 Å². The van der Waals surface area contributed by atoms with Crippen molar-refractivity contribution in [2.24, 2.45) is 0 Å². The molecule has 2 rings (SSSR count). The summed E-state index contributed by atoms with van der Waals surface area (Å²) in [5, 5.41) is 10.5. The van der Waals surface area contributed by atoms with Gasteiger partial charge in [-0.3, -0.25) is 4.98 Å². The van der Waals surface area contributed by atoms with Gasteiger partial charge >= 0.3 is 0 Å². The number of benzene rings is 1. The predicted octanol–water partition coefficient (Wildman–Crippen LogP) is 3.82. The Hall–Kier alpha value is -1.88. The smallest absolute Gasteiger partial charge is 0.0794 e. The quantitative estimate of drug-likeness (QED) is 0.794. The summed E-state index contributed by atoms with van der Waals surface area (Å²) < 4.78 is 0. The topological polar surface area (TPSA) is 36.7 Å². The molecule has 86 valence electrons. The van der Waals surface area contributed by atoms with E-state index >= 15 is 0 Å². The normalized spacial score (nSPS) is 14.2. The van der Waals surface area contributed by atoms with Crippen LogP contribution < -0.4 is 0 Å². The summed E-state index contributed by atoms with van der Waals surface area (Å²) in [5.74, 6) is 0. The number of rotatable bonds is 3. The molecule has 0 spiro atoms. The number of pyridine rings is 1. The fourth-order valence-electron chi connectivity index (χ4n) is 2.18. The molecule has 0 fully saturated rings. The molecule has 0 N–H and O–H groups in total. The van der Waals surface area contributed by atoms with Crippen molar-refractivity contribution < 1.29 is 0 Å². The third-order valence-corrected chi connectivity index (χ3v) is 3.24. The second kappa shape index (κ2) is 4.55. The van der Waals surface area contributed by atoms with Crippen LogP contribution in [0.15, 0.2) is 36.5 Å². The molecule has 0 saturated heterocycles. The van der Waals surface area contributed by atoms with E-state index in [2.05, 4.69) is 24.0 Å². The predicted molar refractivity (Wildman–Crippen MR) is 69.6 cm³/mol. The summed E-state index contributed by atoms with van der Waals surface area (Å²) >= 11 is 0. The van der Waals surface area contributed by atoms with E-state index < -0.39 is 5.41 Å². The van der Waals surface area contributed by atoms with Crippen molar-refractivity contribution in [3.8, 4) is 6.07 Å². The Kier molecular flexibility index (Phi) is 3.10. The minimum Gasteiger partial charge on any atom is -0.256 e. The molecule has 0 aliphatic carbocycles. The number of fused-ring (bicyclic) bond motifs is 1. The zero-order chi connectivity index (χ0) is 12.3. The zero-order valence-corrected chi connectivity index (χ0v) is 10.3. The first-order valence-electron chi connectivity index (χ1n) is 5.96. The first-order chi connectivity index (χ1) is 8.19. The van der Waals surface area contributed by atoms with E-state index in [-0.39, 0.29) is 0 Å². The maximum absolute atomic E-state index is 9.38. The Morgan fingerprint density at radius 1 is 1.35 bits per heavy atom. The van der Waals surface area contributed by atoms with Crippen LogP contribution in [0.4, 0.5) is 0 Å². The maximum atomic E-state index is 9.38. The van der Waals surface area contributed by atoms with Crippen LogP contribution in [0.5, 0.6) is 0 Å². The van der Waals surface area contributed by atoms with Gasteiger partial charge in [-0.05, 0) is 37.1 Å². The van der Waals surface area contributed by atoms with Gasteiger partial charge in [-0.1, -0.05) is 25.5 Å². The Labute approximate surface area is 102 Å². The molecule has 17 heavy (non-hydrogen) atoms. The van der Waals surface area contributed by atoms with Gasteiger partial charge in [-0.15, -0.1) is 0 Å². The van der Waals surface area contributed by atoms with Crippen molar-refractivity contribution in [3.63, 3.8) is 0 Å². The van der Waals surface area contributed by atoms with E-state index in [1.54, 1.807) is 6.20 Å². The van der Waals surface area contributed by atoms with Crippen molar-refractivity contribution in [1.29, 1.82) is 5.26 Å². The van der Waals surface area contributed by atoms with Crippen LogP contribution in [0.2, 0.25) is 0 Å². The van der Waals surface area contributed by atoms with Gasteiger partial charge in [-0.2, -0.15) is 5.26 Å². The molecule has 2 aromatic rings. The van der Waals surface area contributed by atoms with Gasteiger partial charge in [0.2, 0.25) is 0 Å². The molecular weight excluding hydrogens is 208 g/mol. The Morgan fingerprint density at radius 2 is 2.18 bits per heavy atom. The van der Waals surface area contributed by atoms with Crippen molar-refractivity contribution in [1.82, 2.24) is 4.98 Å². The minimum absolute atomic E-state index is 0.390. The van der Waals surface area contributed by atoms with E-state index in [1.807, 2.05) is 31.2 Å². The second-order valence-electron chi connectivity index (χ2n) is 4.60. The summed E-state index contributed by atoms with van der Waals surface area (Å²) in [4.78, 5) is 4.29. The lowest BCUT2D eigenvalue weighted by molar-refractivity contribution is 0.544. The summed E-state index contributed by atoms with van der Waals surface area (Å²) in [7, 11) is 0. The third kappa shape index (κ3) is 2.14. The highest BCUT2D eigenvalue weighted by atomic mass is 14.6. The average molecular weight is 224 g/mol. The number of nitriles is 1. The first kappa shape index (κ1) is 11.6. The van der Waals surface area contributed by atoms with Gasteiger partial charge in [-0.25, -0.2) is 0 Å². The molecule has 0 bridgehead atoms. The van der Waals surface area contributed by atoms with Crippen LogP contribution in [0.25, 0.3) is 10.9 Å². The van der Waals surface area contributed by atoms with Crippen LogP contribution in [-0.4, -0.2) is 4.98 Å². The molecule has 1 aromatic heterocycles. The number of hydrogen-bond donors (Lipinski definition) is 0. The largest absolute Gasteiger partial charge is 0.256 e. The van der Waals surface area contributed by atoms with E-state index in [1.165, 1.54) is 0 Å². The van der Waals surface area contributed by atoms with Crippen LogP contribution in [0.1, 0.15) is 32.3 Å². The van der Waals surface area contributed by atoms with E-state index in [0.717, 1.165) is 29.3 Å². The fourth-order valence-corrected chi connectivity index (χ4v) is 2.18. The van der Waals surface area contributed by atoms with Gasteiger partial charge in [0.1, 0.15) is 0 Å². The van der Waals surface area contributed by atoms with Gasteiger partial charge in [0, 0.05) is 11.6 Å². The van der Waals surface area contributed by atoms with Crippen LogP contribution in [0, 0.1) is 11.3 Å². The highest BCUT2D eigenvalue weighted by Gasteiger charge is 2.25. The minimum atomic E-state index is -0.390. The number of hydrogen-bond acceptors (Lipinski definition) is 2. The summed E-state index contributed by atoms with van der Waals surface area (Å²) in [6.07, 6.45) is 3.68. The van der Waals surface area contributed by atoms with Crippen molar-refractivity contribution in [2.75, 3.05) is 0 Å². The highest BCUT2D eigenvalue weighted by molar-refractivity contribution is 5.79. The molecule has 0 aliphatic heterocycles. The van der Waals surface area contributed by atoms with E-state index in [0.29, 0.717) is 0 Å². The molecule has 1 unspecified atom stereocenters. The van der Waals surface area contributed by atoms with Gasteiger partial charge in [0.05, 0.1) is 17.0 Å². The molecular formula is C15H16N2. The lowest BCUT2D eigenvalue weighted by Gasteiger charge is -2.21. The molecule has 0 saturated carbocycles. The Balaban J connectivity index is 2.52. The monoisotopic (exact) mass is 224 g/mol. The van der Waals surface area contributed by atoms with Crippen LogP contribution in [0.3, 0.4) is 0 Å². The summed E-state index contributed by atoms with van der Waals surface area (Å²) in [5.41, 5.74) is 1.68. The number of nitrogens with zero attached hydrogens (tertiary/aromatic N) is 2. The fraction of sp³-hybridized carbons (Fsp3) is 0.333. The van der Waals surface area contributed by atoms with Gasteiger partial charge in [0.25, 0.3) is 0 Å².